The smallest absolute Gasteiger partial charge is 0.271 e. The molecule has 0 radical (unpaired) electrons. The highest BCUT2D eigenvalue weighted by atomic mass is 16.2. The Labute approximate surface area is 200 Å². The average Bonchev–Trinajstić information content (AvgIpc) is 3.34. The lowest BCUT2D eigenvalue weighted by Crippen LogP contribution is -2.44. The summed E-state index contributed by atoms with van der Waals surface area (Å²) in [5.41, 5.74) is 7.59. The van der Waals surface area contributed by atoms with Crippen molar-refractivity contribution in [3.63, 3.8) is 0 Å². The minimum Gasteiger partial charge on any atom is -0.369 e. The van der Waals surface area contributed by atoms with Crippen LogP contribution in [0.15, 0.2) is 43.1 Å². The number of aromatic nitrogens is 2. The zero-order valence-corrected chi connectivity index (χ0v) is 19.8. The maximum absolute atomic E-state index is 12.0. The van der Waals surface area contributed by atoms with E-state index in [2.05, 4.69) is 50.8 Å². The van der Waals surface area contributed by atoms with E-state index in [0.29, 0.717) is 24.7 Å². The maximum atomic E-state index is 12.0. The van der Waals surface area contributed by atoms with Gasteiger partial charge in [0.15, 0.2) is 11.5 Å². The first-order valence-corrected chi connectivity index (χ1v) is 11.5. The van der Waals surface area contributed by atoms with E-state index in [1.54, 1.807) is 11.1 Å². The molecule has 3 heterocycles. The van der Waals surface area contributed by atoms with Gasteiger partial charge < -0.3 is 30.7 Å². The second kappa shape index (κ2) is 10.1. The predicted molar refractivity (Wildman–Crippen MR) is 134 cm³/mol. The fraction of sp³-hybridized carbons (Fsp3) is 0.417. The average molecular weight is 465 g/mol. The molecule has 1 aromatic heterocycles. The Kier molecular flexibility index (Phi) is 6.97. The number of carbonyl (C=O) groups excluding carboxylic acids is 2. The molecular formula is C24H32N8O2. The molecule has 1 atom stereocenters. The van der Waals surface area contributed by atoms with Crippen molar-refractivity contribution in [1.29, 1.82) is 0 Å². The molecule has 34 heavy (non-hydrogen) atoms. The minimum absolute atomic E-state index is 0.0755. The van der Waals surface area contributed by atoms with Crippen LogP contribution in [0.2, 0.25) is 0 Å². The molecule has 0 saturated carbocycles. The Morgan fingerprint density at radius 2 is 1.88 bits per heavy atom. The van der Waals surface area contributed by atoms with Gasteiger partial charge in [0.2, 0.25) is 5.91 Å². The molecule has 4 rings (SSSR count). The Morgan fingerprint density at radius 3 is 2.53 bits per heavy atom. The van der Waals surface area contributed by atoms with Crippen molar-refractivity contribution in [2.75, 3.05) is 68.5 Å². The van der Waals surface area contributed by atoms with E-state index in [4.69, 9.17) is 5.73 Å². The van der Waals surface area contributed by atoms with Crippen LogP contribution in [-0.2, 0) is 4.79 Å². The van der Waals surface area contributed by atoms with Crippen LogP contribution < -0.4 is 20.9 Å². The molecule has 10 heteroatoms. The number of likely N-dealkylation sites (tertiary alicyclic amines) is 1. The number of hydrogen-bond acceptors (Lipinski definition) is 8. The van der Waals surface area contributed by atoms with Gasteiger partial charge in [0.25, 0.3) is 5.91 Å². The van der Waals surface area contributed by atoms with E-state index in [-0.39, 0.29) is 17.6 Å². The lowest BCUT2D eigenvalue weighted by molar-refractivity contribution is -0.125. The molecule has 2 aromatic rings. The summed E-state index contributed by atoms with van der Waals surface area (Å²) < 4.78 is 0. The van der Waals surface area contributed by atoms with E-state index in [0.717, 1.165) is 44.0 Å². The summed E-state index contributed by atoms with van der Waals surface area (Å²) in [5, 5.41) is 3.21. The first-order chi connectivity index (χ1) is 16.4. The summed E-state index contributed by atoms with van der Waals surface area (Å²) >= 11 is 0. The molecule has 2 aliphatic heterocycles. The lowest BCUT2D eigenvalue weighted by Gasteiger charge is -2.34. The van der Waals surface area contributed by atoms with Crippen LogP contribution in [0.1, 0.15) is 16.9 Å². The third kappa shape index (κ3) is 5.12. The fourth-order valence-electron chi connectivity index (χ4n) is 4.35. The van der Waals surface area contributed by atoms with Gasteiger partial charge in [0.05, 0.1) is 6.20 Å². The molecule has 1 unspecified atom stereocenters. The van der Waals surface area contributed by atoms with Crippen LogP contribution in [-0.4, -0.2) is 91.0 Å². The van der Waals surface area contributed by atoms with Gasteiger partial charge in [-0.1, -0.05) is 6.58 Å². The number of nitrogens with one attached hydrogen (secondary N) is 1. The molecule has 180 valence electrons. The van der Waals surface area contributed by atoms with E-state index in [1.807, 2.05) is 24.1 Å². The Balaban J connectivity index is 1.50. The number of benzene rings is 1. The molecule has 1 aromatic carbocycles. The lowest BCUT2D eigenvalue weighted by atomic mass is 10.2. The SMILES string of the molecule is C=CC(=O)N1CCC(N(C)c2cnc(C(N)=O)c(Nc3ccc(N4CCN(C)CC4)cc3)n2)C1. The highest BCUT2D eigenvalue weighted by molar-refractivity contribution is 5.96. The van der Waals surface area contributed by atoms with Crippen molar-refractivity contribution in [2.24, 2.45) is 5.73 Å². The second-order valence-electron chi connectivity index (χ2n) is 8.79. The number of rotatable bonds is 7. The van der Waals surface area contributed by atoms with Crippen molar-refractivity contribution in [3.05, 3.63) is 48.8 Å². The normalized spacial score (nSPS) is 18.6. The first kappa shape index (κ1) is 23.5. The summed E-state index contributed by atoms with van der Waals surface area (Å²) in [4.78, 5) is 41.3. The van der Waals surface area contributed by atoms with Crippen LogP contribution in [0.5, 0.6) is 0 Å². The number of hydrogen-bond donors (Lipinski definition) is 2. The van der Waals surface area contributed by atoms with Crippen LogP contribution >= 0.6 is 0 Å². The number of primary amides is 1. The highest BCUT2D eigenvalue weighted by Gasteiger charge is 2.29. The highest BCUT2D eigenvalue weighted by Crippen LogP contribution is 2.26. The monoisotopic (exact) mass is 464 g/mol. The topological polar surface area (TPSA) is 111 Å². The van der Waals surface area contributed by atoms with Crippen LogP contribution in [0, 0.1) is 0 Å². The van der Waals surface area contributed by atoms with Crippen molar-refractivity contribution in [1.82, 2.24) is 19.8 Å². The molecule has 3 N–H and O–H groups in total. The van der Waals surface area contributed by atoms with Gasteiger partial charge in [-0.15, -0.1) is 0 Å². The Bertz CT molecular complexity index is 1050. The Hall–Kier alpha value is -3.66. The van der Waals surface area contributed by atoms with Gasteiger partial charge in [0, 0.05) is 63.7 Å². The van der Waals surface area contributed by atoms with Gasteiger partial charge in [-0.2, -0.15) is 0 Å². The number of nitrogens with two attached hydrogens (primary N) is 1. The predicted octanol–water partition coefficient (Wildman–Crippen LogP) is 1.29. The van der Waals surface area contributed by atoms with Crippen molar-refractivity contribution >= 4 is 34.8 Å². The third-order valence-electron chi connectivity index (χ3n) is 6.55. The molecule has 2 fully saturated rings. The van der Waals surface area contributed by atoms with Crippen LogP contribution in [0.25, 0.3) is 0 Å². The van der Waals surface area contributed by atoms with Gasteiger partial charge in [-0.3, -0.25) is 9.59 Å². The zero-order chi connectivity index (χ0) is 24.2. The minimum atomic E-state index is -0.651. The summed E-state index contributed by atoms with van der Waals surface area (Å²) in [7, 11) is 4.05. The first-order valence-electron chi connectivity index (χ1n) is 11.5. The molecule has 0 bridgehead atoms. The molecule has 10 nitrogen and oxygen atoms in total. The number of carbonyl (C=O) groups is 2. The molecule has 0 spiro atoms. The van der Waals surface area contributed by atoms with Gasteiger partial charge >= 0.3 is 0 Å². The summed E-state index contributed by atoms with van der Waals surface area (Å²) in [5.74, 6) is 0.177. The van der Waals surface area contributed by atoms with E-state index >= 15 is 0 Å². The van der Waals surface area contributed by atoms with Crippen LogP contribution in [0.4, 0.5) is 23.0 Å². The standard InChI is InChI=1S/C24H32N8O2/c1-4-21(33)32-10-9-19(16-32)30(3)20-15-26-22(23(25)34)24(28-20)27-17-5-7-18(8-6-17)31-13-11-29(2)12-14-31/h4-8,15,19H,1,9-14,16H2,2-3H3,(H2,25,34)(H,27,28). The van der Waals surface area contributed by atoms with Crippen molar-refractivity contribution < 1.29 is 9.59 Å². The molecule has 2 aliphatic rings. The van der Waals surface area contributed by atoms with E-state index in [9.17, 15) is 9.59 Å². The van der Waals surface area contributed by atoms with Gasteiger partial charge in [-0.25, -0.2) is 9.97 Å². The van der Waals surface area contributed by atoms with Crippen molar-refractivity contribution in [3.8, 4) is 0 Å². The summed E-state index contributed by atoms with van der Waals surface area (Å²) in [6.45, 7) is 8.87. The largest absolute Gasteiger partial charge is 0.369 e. The maximum Gasteiger partial charge on any atom is 0.271 e. The van der Waals surface area contributed by atoms with Gasteiger partial charge in [-0.05, 0) is 43.8 Å². The molecule has 2 amide bonds. The quantitative estimate of drug-likeness (QED) is 0.590. The van der Waals surface area contributed by atoms with E-state index in [1.165, 1.54) is 6.08 Å². The van der Waals surface area contributed by atoms with Crippen molar-refractivity contribution in [2.45, 2.75) is 12.5 Å². The zero-order valence-electron chi connectivity index (χ0n) is 19.8. The number of amides is 2. The molecule has 0 aliphatic carbocycles. The van der Waals surface area contributed by atoms with Gasteiger partial charge in [0.1, 0.15) is 5.82 Å². The van der Waals surface area contributed by atoms with Crippen LogP contribution in [0.3, 0.4) is 0 Å². The number of piperazine rings is 1. The fourth-order valence-corrected chi connectivity index (χ4v) is 4.35. The van der Waals surface area contributed by atoms with E-state index < -0.39 is 5.91 Å². The molecular weight excluding hydrogens is 432 g/mol. The summed E-state index contributed by atoms with van der Waals surface area (Å²) in [6.07, 6.45) is 3.69. The number of nitrogens with zero attached hydrogens (tertiary/aromatic N) is 6. The Morgan fingerprint density at radius 1 is 1.18 bits per heavy atom. The second-order valence-corrected chi connectivity index (χ2v) is 8.79. The third-order valence-corrected chi connectivity index (χ3v) is 6.55. The molecule has 2 saturated heterocycles. The summed E-state index contributed by atoms with van der Waals surface area (Å²) in [6, 6.07) is 8.14. The number of likely N-dealkylation sites (N-methyl/N-ethyl adjacent to an activating group) is 2. The number of anilines is 4.